The molecule has 2 aromatic carbocycles. The van der Waals surface area contributed by atoms with Gasteiger partial charge < -0.3 is 14.6 Å². The highest BCUT2D eigenvalue weighted by atomic mass is 79.9. The van der Waals surface area contributed by atoms with E-state index in [-0.39, 0.29) is 0 Å². The molecule has 0 heterocycles. The van der Waals surface area contributed by atoms with Crippen LogP contribution in [0.15, 0.2) is 40.9 Å². The first kappa shape index (κ1) is 19.5. The SMILES string of the molecule is CCOc1cc(/C=C(/C#N)c2ccc(C)cc2)cc(Br)c1OCC(=O)O. The molecule has 0 saturated heterocycles. The number of aryl methyl sites for hydroxylation is 1. The van der Waals surface area contributed by atoms with Crippen LogP contribution in [-0.2, 0) is 4.79 Å². The molecular weight excluding hydrogens is 398 g/mol. The number of carboxylic acid groups (broad SMARTS) is 1. The number of rotatable bonds is 7. The second-order valence-corrected chi connectivity index (χ2v) is 6.34. The van der Waals surface area contributed by atoms with Crippen molar-refractivity contribution in [1.29, 1.82) is 5.26 Å². The minimum Gasteiger partial charge on any atom is -0.490 e. The van der Waals surface area contributed by atoms with Crippen molar-refractivity contribution in [2.24, 2.45) is 0 Å². The molecule has 0 aliphatic heterocycles. The average molecular weight is 416 g/mol. The summed E-state index contributed by atoms with van der Waals surface area (Å²) in [7, 11) is 0. The summed E-state index contributed by atoms with van der Waals surface area (Å²) in [6, 6.07) is 13.4. The van der Waals surface area contributed by atoms with Crippen LogP contribution in [-0.4, -0.2) is 24.3 Å². The lowest BCUT2D eigenvalue weighted by Gasteiger charge is -2.13. The zero-order chi connectivity index (χ0) is 19.1. The molecule has 0 aromatic heterocycles. The van der Waals surface area contributed by atoms with E-state index < -0.39 is 12.6 Å². The van der Waals surface area contributed by atoms with Gasteiger partial charge in [-0.05, 0) is 59.1 Å². The van der Waals surface area contributed by atoms with Crippen molar-refractivity contribution in [2.45, 2.75) is 13.8 Å². The molecule has 0 bridgehead atoms. The summed E-state index contributed by atoms with van der Waals surface area (Å²) < 4.78 is 11.4. The summed E-state index contributed by atoms with van der Waals surface area (Å²) in [5.74, 6) is -0.342. The molecule has 6 heteroatoms. The normalized spacial score (nSPS) is 10.9. The predicted octanol–water partition coefficient (Wildman–Crippen LogP) is 4.68. The number of benzene rings is 2. The molecule has 0 radical (unpaired) electrons. The molecule has 0 saturated carbocycles. The van der Waals surface area contributed by atoms with Crippen LogP contribution in [0.3, 0.4) is 0 Å². The molecule has 0 amide bonds. The zero-order valence-corrected chi connectivity index (χ0v) is 16.0. The van der Waals surface area contributed by atoms with Gasteiger partial charge in [-0.2, -0.15) is 5.26 Å². The number of ether oxygens (including phenoxy) is 2. The monoisotopic (exact) mass is 415 g/mol. The van der Waals surface area contributed by atoms with E-state index in [1.165, 1.54) is 0 Å². The van der Waals surface area contributed by atoms with Gasteiger partial charge in [0.05, 0.1) is 22.7 Å². The van der Waals surface area contributed by atoms with Gasteiger partial charge in [-0.15, -0.1) is 0 Å². The van der Waals surface area contributed by atoms with Gasteiger partial charge in [0.15, 0.2) is 18.1 Å². The smallest absolute Gasteiger partial charge is 0.341 e. The maximum Gasteiger partial charge on any atom is 0.341 e. The van der Waals surface area contributed by atoms with E-state index in [4.69, 9.17) is 14.6 Å². The van der Waals surface area contributed by atoms with E-state index in [2.05, 4.69) is 22.0 Å². The van der Waals surface area contributed by atoms with Crippen LogP contribution in [0.25, 0.3) is 11.6 Å². The highest BCUT2D eigenvalue weighted by molar-refractivity contribution is 9.10. The van der Waals surface area contributed by atoms with Crippen molar-refractivity contribution in [3.63, 3.8) is 0 Å². The van der Waals surface area contributed by atoms with E-state index in [1.54, 1.807) is 18.2 Å². The van der Waals surface area contributed by atoms with Crippen LogP contribution in [0.5, 0.6) is 11.5 Å². The van der Waals surface area contributed by atoms with Crippen LogP contribution in [0, 0.1) is 18.3 Å². The lowest BCUT2D eigenvalue weighted by molar-refractivity contribution is -0.139. The fourth-order valence-corrected chi connectivity index (χ4v) is 2.86. The maximum absolute atomic E-state index is 10.8. The Balaban J connectivity index is 2.43. The summed E-state index contributed by atoms with van der Waals surface area (Å²) in [5.41, 5.74) is 3.18. The van der Waals surface area contributed by atoms with E-state index in [0.29, 0.717) is 28.2 Å². The molecule has 5 nitrogen and oxygen atoms in total. The lowest BCUT2D eigenvalue weighted by atomic mass is 10.0. The Morgan fingerprint density at radius 3 is 2.54 bits per heavy atom. The van der Waals surface area contributed by atoms with Gasteiger partial charge in [-0.25, -0.2) is 4.79 Å². The maximum atomic E-state index is 10.8. The van der Waals surface area contributed by atoms with Gasteiger partial charge in [0.1, 0.15) is 0 Å². The van der Waals surface area contributed by atoms with Gasteiger partial charge in [0, 0.05) is 0 Å². The Kier molecular flexibility index (Phi) is 6.81. The number of allylic oxidation sites excluding steroid dienone is 1. The summed E-state index contributed by atoms with van der Waals surface area (Å²) in [6.45, 7) is 3.73. The van der Waals surface area contributed by atoms with E-state index in [0.717, 1.165) is 16.7 Å². The number of carbonyl (C=O) groups is 1. The Hall–Kier alpha value is -2.78. The number of carboxylic acids is 1. The molecule has 0 fully saturated rings. The van der Waals surface area contributed by atoms with Crippen molar-refractivity contribution >= 4 is 33.5 Å². The van der Waals surface area contributed by atoms with Gasteiger partial charge in [-0.1, -0.05) is 29.8 Å². The summed E-state index contributed by atoms with van der Waals surface area (Å²) in [5, 5.41) is 18.3. The molecular formula is C20H18BrNO4. The molecule has 0 spiro atoms. The van der Waals surface area contributed by atoms with Crippen LogP contribution in [0.1, 0.15) is 23.6 Å². The van der Waals surface area contributed by atoms with Gasteiger partial charge in [0.25, 0.3) is 0 Å². The first-order valence-electron chi connectivity index (χ1n) is 7.94. The fraction of sp³-hybridized carbons (Fsp3) is 0.200. The Morgan fingerprint density at radius 2 is 1.96 bits per heavy atom. The van der Waals surface area contributed by atoms with E-state index >= 15 is 0 Å². The number of halogens is 1. The van der Waals surface area contributed by atoms with Crippen LogP contribution < -0.4 is 9.47 Å². The number of nitriles is 1. The van der Waals surface area contributed by atoms with Crippen LogP contribution in [0.4, 0.5) is 0 Å². The minimum atomic E-state index is -1.07. The predicted molar refractivity (Wildman–Crippen MR) is 103 cm³/mol. The van der Waals surface area contributed by atoms with Crippen molar-refractivity contribution < 1.29 is 19.4 Å². The summed E-state index contributed by atoms with van der Waals surface area (Å²) in [4.78, 5) is 10.8. The van der Waals surface area contributed by atoms with Crippen molar-refractivity contribution in [3.8, 4) is 17.6 Å². The highest BCUT2D eigenvalue weighted by Gasteiger charge is 2.14. The van der Waals surface area contributed by atoms with Crippen molar-refractivity contribution in [2.75, 3.05) is 13.2 Å². The third kappa shape index (κ3) is 5.11. The van der Waals surface area contributed by atoms with Crippen molar-refractivity contribution in [1.82, 2.24) is 0 Å². The molecule has 2 aromatic rings. The second-order valence-electron chi connectivity index (χ2n) is 5.48. The first-order valence-corrected chi connectivity index (χ1v) is 8.73. The number of nitrogens with zero attached hydrogens (tertiary/aromatic N) is 1. The van der Waals surface area contributed by atoms with Gasteiger partial charge in [0.2, 0.25) is 0 Å². The zero-order valence-electron chi connectivity index (χ0n) is 14.5. The molecule has 0 unspecified atom stereocenters. The largest absolute Gasteiger partial charge is 0.490 e. The number of hydrogen-bond donors (Lipinski definition) is 1. The summed E-state index contributed by atoms with van der Waals surface area (Å²) >= 11 is 3.39. The van der Waals surface area contributed by atoms with Gasteiger partial charge in [-0.3, -0.25) is 0 Å². The molecule has 26 heavy (non-hydrogen) atoms. The average Bonchev–Trinajstić information content (AvgIpc) is 2.60. The Bertz CT molecular complexity index is 867. The standard InChI is InChI=1S/C20H18BrNO4/c1-3-25-18-10-14(9-17(21)20(18)26-12-19(23)24)8-16(11-22)15-6-4-13(2)5-7-15/h4-10H,3,12H2,1-2H3,(H,23,24)/b16-8-. The quantitative estimate of drug-likeness (QED) is 0.524. The Labute approximate surface area is 160 Å². The number of aliphatic carboxylic acids is 1. The van der Waals surface area contributed by atoms with E-state index in [1.807, 2.05) is 38.1 Å². The van der Waals surface area contributed by atoms with E-state index in [9.17, 15) is 10.1 Å². The van der Waals surface area contributed by atoms with Crippen LogP contribution >= 0.6 is 15.9 Å². The topological polar surface area (TPSA) is 79.5 Å². The molecule has 2 rings (SSSR count). The highest BCUT2D eigenvalue weighted by Crippen LogP contribution is 2.38. The molecule has 134 valence electrons. The third-order valence-electron chi connectivity index (χ3n) is 3.47. The lowest BCUT2D eigenvalue weighted by Crippen LogP contribution is -2.10. The fourth-order valence-electron chi connectivity index (χ4n) is 2.29. The minimum absolute atomic E-state index is 0.320. The third-order valence-corrected chi connectivity index (χ3v) is 4.05. The van der Waals surface area contributed by atoms with Crippen LogP contribution in [0.2, 0.25) is 0 Å². The first-order chi connectivity index (χ1) is 12.4. The molecule has 1 N–H and O–H groups in total. The summed E-state index contributed by atoms with van der Waals surface area (Å²) in [6.07, 6.45) is 1.75. The second kappa shape index (κ2) is 9.07. The molecule has 0 aliphatic rings. The molecule has 0 aliphatic carbocycles. The Morgan fingerprint density at radius 1 is 1.27 bits per heavy atom. The molecule has 0 atom stereocenters. The van der Waals surface area contributed by atoms with Gasteiger partial charge >= 0.3 is 5.97 Å². The number of hydrogen-bond acceptors (Lipinski definition) is 4. The van der Waals surface area contributed by atoms with Crippen molar-refractivity contribution in [3.05, 3.63) is 57.6 Å².